The van der Waals surface area contributed by atoms with E-state index in [9.17, 15) is 0 Å². The molecule has 3 heteroatoms. The lowest BCUT2D eigenvalue weighted by atomic mass is 9.94. The smallest absolute Gasteiger partial charge is 0.119 e. The van der Waals surface area contributed by atoms with Gasteiger partial charge in [-0.25, -0.2) is 0 Å². The molecule has 2 rings (SSSR count). The van der Waals surface area contributed by atoms with E-state index in [1.165, 1.54) is 24.0 Å². The Hall–Kier alpha value is -1.06. The van der Waals surface area contributed by atoms with Crippen molar-refractivity contribution in [1.29, 1.82) is 0 Å². The summed E-state index contributed by atoms with van der Waals surface area (Å²) in [6.45, 7) is 8.26. The molecular formula is C18H29NO2. The Labute approximate surface area is 129 Å². The zero-order valence-corrected chi connectivity index (χ0v) is 13.8. The van der Waals surface area contributed by atoms with Crippen molar-refractivity contribution in [3.63, 3.8) is 0 Å². The van der Waals surface area contributed by atoms with Crippen LogP contribution in [0.5, 0.6) is 5.75 Å². The van der Waals surface area contributed by atoms with E-state index >= 15 is 0 Å². The fraction of sp³-hybridized carbons (Fsp3) is 0.667. The first-order chi connectivity index (χ1) is 10.2. The highest BCUT2D eigenvalue weighted by molar-refractivity contribution is 5.37. The van der Waals surface area contributed by atoms with Crippen LogP contribution in [0.2, 0.25) is 0 Å². The number of hydrogen-bond acceptors (Lipinski definition) is 3. The molecule has 118 valence electrons. The van der Waals surface area contributed by atoms with Gasteiger partial charge in [-0.2, -0.15) is 0 Å². The van der Waals surface area contributed by atoms with Crippen molar-refractivity contribution in [3.05, 3.63) is 29.3 Å². The average Bonchev–Trinajstić information content (AvgIpc) is 3.32. The molecule has 0 amide bonds. The molecule has 21 heavy (non-hydrogen) atoms. The molecule has 1 aromatic carbocycles. The Morgan fingerprint density at radius 2 is 2.05 bits per heavy atom. The largest absolute Gasteiger partial charge is 0.497 e. The maximum absolute atomic E-state index is 6.10. The van der Waals surface area contributed by atoms with Gasteiger partial charge >= 0.3 is 0 Å². The molecule has 1 saturated carbocycles. The van der Waals surface area contributed by atoms with Crippen LogP contribution < -0.4 is 10.1 Å². The Bertz CT molecular complexity index is 443. The molecule has 0 radical (unpaired) electrons. The number of hydrogen-bond donors (Lipinski definition) is 1. The highest BCUT2D eigenvalue weighted by Gasteiger charge is 2.38. The van der Waals surface area contributed by atoms with E-state index in [4.69, 9.17) is 9.47 Å². The van der Waals surface area contributed by atoms with Gasteiger partial charge in [0.2, 0.25) is 0 Å². The normalized spacial score (nSPS) is 17.5. The molecule has 1 N–H and O–H groups in total. The standard InChI is InChI=1S/C18H29NO2/c1-5-11-19-17(18(21-6-2)14-7-8-14)16-10-9-15(20-4)12-13(16)3/h9-10,12,14,17-19H,5-8,11H2,1-4H3. The highest BCUT2D eigenvalue weighted by atomic mass is 16.5. The Morgan fingerprint density at radius 1 is 1.29 bits per heavy atom. The Kier molecular flexibility index (Phi) is 6.07. The van der Waals surface area contributed by atoms with E-state index in [2.05, 4.69) is 44.3 Å². The molecule has 0 aliphatic heterocycles. The summed E-state index contributed by atoms with van der Waals surface area (Å²) in [4.78, 5) is 0. The Balaban J connectivity index is 2.25. The first kappa shape index (κ1) is 16.3. The molecule has 1 aromatic rings. The van der Waals surface area contributed by atoms with Gasteiger partial charge in [0.25, 0.3) is 0 Å². The van der Waals surface area contributed by atoms with Crippen LogP contribution in [-0.4, -0.2) is 26.4 Å². The predicted molar refractivity (Wildman–Crippen MR) is 86.9 cm³/mol. The number of methoxy groups -OCH3 is 1. The molecule has 0 heterocycles. The fourth-order valence-electron chi connectivity index (χ4n) is 2.95. The second kappa shape index (κ2) is 7.81. The van der Waals surface area contributed by atoms with E-state index in [0.29, 0.717) is 5.92 Å². The van der Waals surface area contributed by atoms with E-state index in [-0.39, 0.29) is 12.1 Å². The van der Waals surface area contributed by atoms with Gasteiger partial charge in [-0.05, 0) is 68.8 Å². The van der Waals surface area contributed by atoms with Crippen LogP contribution in [0.3, 0.4) is 0 Å². The second-order valence-corrected chi connectivity index (χ2v) is 5.91. The van der Waals surface area contributed by atoms with Gasteiger partial charge in [-0.15, -0.1) is 0 Å². The summed E-state index contributed by atoms with van der Waals surface area (Å²) in [6, 6.07) is 6.64. The molecule has 1 aliphatic rings. The van der Waals surface area contributed by atoms with Crippen molar-refractivity contribution in [3.8, 4) is 5.75 Å². The van der Waals surface area contributed by atoms with E-state index < -0.39 is 0 Å². The van der Waals surface area contributed by atoms with E-state index in [0.717, 1.165) is 25.3 Å². The second-order valence-electron chi connectivity index (χ2n) is 5.91. The molecule has 2 atom stereocenters. The topological polar surface area (TPSA) is 30.5 Å². The van der Waals surface area contributed by atoms with Gasteiger partial charge in [0.1, 0.15) is 5.75 Å². The summed E-state index contributed by atoms with van der Waals surface area (Å²) < 4.78 is 11.4. The zero-order chi connectivity index (χ0) is 15.2. The summed E-state index contributed by atoms with van der Waals surface area (Å²) >= 11 is 0. The maximum atomic E-state index is 6.10. The lowest BCUT2D eigenvalue weighted by Crippen LogP contribution is -2.36. The molecule has 1 aliphatic carbocycles. The average molecular weight is 291 g/mol. The maximum Gasteiger partial charge on any atom is 0.119 e. The molecule has 1 fully saturated rings. The minimum absolute atomic E-state index is 0.281. The van der Waals surface area contributed by atoms with E-state index in [1.54, 1.807) is 7.11 Å². The van der Waals surface area contributed by atoms with Gasteiger partial charge in [0.05, 0.1) is 19.3 Å². The summed E-state index contributed by atoms with van der Waals surface area (Å²) in [5.74, 6) is 1.63. The highest BCUT2D eigenvalue weighted by Crippen LogP contribution is 2.41. The van der Waals surface area contributed by atoms with Crippen LogP contribution in [-0.2, 0) is 4.74 Å². The third-order valence-electron chi connectivity index (χ3n) is 4.20. The van der Waals surface area contributed by atoms with Gasteiger partial charge in [0, 0.05) is 6.61 Å². The summed E-state index contributed by atoms with van der Waals surface area (Å²) in [7, 11) is 1.72. The van der Waals surface area contributed by atoms with Crippen molar-refractivity contribution >= 4 is 0 Å². The minimum atomic E-state index is 0.281. The fourth-order valence-corrected chi connectivity index (χ4v) is 2.95. The number of nitrogens with one attached hydrogen (secondary N) is 1. The van der Waals surface area contributed by atoms with Gasteiger partial charge < -0.3 is 14.8 Å². The van der Waals surface area contributed by atoms with Crippen molar-refractivity contribution in [2.75, 3.05) is 20.3 Å². The predicted octanol–water partition coefficient (Wildman–Crippen LogP) is 3.86. The monoisotopic (exact) mass is 291 g/mol. The minimum Gasteiger partial charge on any atom is -0.497 e. The molecule has 0 spiro atoms. The van der Waals surface area contributed by atoms with Crippen LogP contribution in [0.25, 0.3) is 0 Å². The van der Waals surface area contributed by atoms with E-state index in [1.807, 2.05) is 0 Å². The van der Waals surface area contributed by atoms with Crippen LogP contribution in [0.4, 0.5) is 0 Å². The first-order valence-electron chi connectivity index (χ1n) is 8.20. The summed E-state index contributed by atoms with van der Waals surface area (Å²) in [5, 5.41) is 3.70. The van der Waals surface area contributed by atoms with Gasteiger partial charge in [-0.1, -0.05) is 13.0 Å². The van der Waals surface area contributed by atoms with Gasteiger partial charge in [0.15, 0.2) is 0 Å². The summed E-state index contributed by atoms with van der Waals surface area (Å²) in [6.07, 6.45) is 4.01. The van der Waals surface area contributed by atoms with Crippen molar-refractivity contribution < 1.29 is 9.47 Å². The van der Waals surface area contributed by atoms with Crippen molar-refractivity contribution in [1.82, 2.24) is 5.32 Å². The SMILES string of the molecule is CCCNC(c1ccc(OC)cc1C)C(OCC)C1CC1. The van der Waals surface area contributed by atoms with Crippen molar-refractivity contribution in [2.24, 2.45) is 5.92 Å². The van der Waals surface area contributed by atoms with Crippen LogP contribution in [0, 0.1) is 12.8 Å². The molecular weight excluding hydrogens is 262 g/mol. The zero-order valence-electron chi connectivity index (χ0n) is 13.8. The molecule has 3 nitrogen and oxygen atoms in total. The molecule has 0 saturated heterocycles. The lowest BCUT2D eigenvalue weighted by Gasteiger charge is -2.30. The molecule has 2 unspecified atom stereocenters. The number of rotatable bonds is 9. The Morgan fingerprint density at radius 3 is 2.57 bits per heavy atom. The lowest BCUT2D eigenvalue weighted by molar-refractivity contribution is 0.0184. The number of ether oxygens (including phenoxy) is 2. The summed E-state index contributed by atoms with van der Waals surface area (Å²) in [5.41, 5.74) is 2.61. The third-order valence-corrected chi connectivity index (χ3v) is 4.20. The van der Waals surface area contributed by atoms with Gasteiger partial charge in [-0.3, -0.25) is 0 Å². The quantitative estimate of drug-likeness (QED) is 0.749. The van der Waals surface area contributed by atoms with Crippen LogP contribution in [0.1, 0.15) is 50.3 Å². The number of aryl methyl sites for hydroxylation is 1. The number of benzene rings is 1. The van der Waals surface area contributed by atoms with Crippen LogP contribution >= 0.6 is 0 Å². The van der Waals surface area contributed by atoms with Crippen molar-refractivity contribution in [2.45, 2.75) is 52.2 Å². The molecule has 0 aromatic heterocycles. The molecule has 0 bridgehead atoms. The van der Waals surface area contributed by atoms with Crippen LogP contribution in [0.15, 0.2) is 18.2 Å². The first-order valence-corrected chi connectivity index (χ1v) is 8.20. The third kappa shape index (κ3) is 4.21.